The molecule has 0 saturated heterocycles. The van der Waals surface area contributed by atoms with Crippen LogP contribution in [-0.4, -0.2) is 0 Å². The fourth-order valence-corrected chi connectivity index (χ4v) is 3.31. The van der Waals surface area contributed by atoms with Crippen LogP contribution in [0, 0.1) is 6.92 Å². The average molecular weight is 446 g/mol. The van der Waals surface area contributed by atoms with Gasteiger partial charge in [-0.3, -0.25) is 0 Å². The van der Waals surface area contributed by atoms with Crippen LogP contribution in [0.1, 0.15) is 23.1 Å². The Morgan fingerprint density at radius 1 is 1.11 bits per heavy atom. The molecule has 0 N–H and O–H groups in total. The number of benzene rings is 1. The van der Waals surface area contributed by atoms with Gasteiger partial charge in [-0.05, 0) is 29.3 Å². The molecular formula is C13H12BrCl3Zr. The standard InChI is InChI=1S/C13H12Br.3ClH.Zr/c1-8-5-10-7-9-3-2-4-11(9)13(14)12(10)6-8;;;;/h5-7H,2-4H2,1H3;3*1H;/q-1;;;;+4/p-3. The number of halogens is 4. The summed E-state index contributed by atoms with van der Waals surface area (Å²) in [6.45, 7) is 2.16. The van der Waals surface area contributed by atoms with Crippen molar-refractivity contribution >= 4 is 26.7 Å². The van der Waals surface area contributed by atoms with Gasteiger partial charge in [0.1, 0.15) is 0 Å². The van der Waals surface area contributed by atoms with Gasteiger partial charge in [0.15, 0.2) is 0 Å². The fourth-order valence-electron chi connectivity index (χ4n) is 2.51. The zero-order valence-corrected chi connectivity index (χ0v) is 16.2. The molecule has 0 nitrogen and oxygen atoms in total. The van der Waals surface area contributed by atoms with Crippen molar-refractivity contribution in [3.05, 3.63) is 39.4 Å². The Labute approximate surface area is 154 Å². The van der Waals surface area contributed by atoms with Gasteiger partial charge >= 0.3 is 26.2 Å². The molecule has 2 aromatic rings. The molecule has 96 valence electrons. The van der Waals surface area contributed by atoms with Crippen LogP contribution in [0.4, 0.5) is 0 Å². The van der Waals surface area contributed by atoms with Crippen molar-refractivity contribution in [3.63, 3.8) is 0 Å². The monoisotopic (exact) mass is 442 g/mol. The van der Waals surface area contributed by atoms with Crippen molar-refractivity contribution in [2.45, 2.75) is 26.2 Å². The van der Waals surface area contributed by atoms with E-state index in [4.69, 9.17) is 0 Å². The van der Waals surface area contributed by atoms with E-state index in [1.54, 1.807) is 11.1 Å². The maximum absolute atomic E-state index is 3.75. The molecule has 18 heavy (non-hydrogen) atoms. The first kappa shape index (κ1) is 21.4. The second-order valence-electron chi connectivity index (χ2n) is 4.22. The maximum atomic E-state index is 3.75. The minimum atomic E-state index is 0. The molecule has 0 spiro atoms. The van der Waals surface area contributed by atoms with Gasteiger partial charge < -0.3 is 37.2 Å². The molecule has 1 aliphatic rings. The Morgan fingerprint density at radius 2 is 1.78 bits per heavy atom. The van der Waals surface area contributed by atoms with E-state index in [2.05, 4.69) is 41.1 Å². The van der Waals surface area contributed by atoms with E-state index in [-0.39, 0.29) is 63.4 Å². The van der Waals surface area contributed by atoms with E-state index in [0.717, 1.165) is 0 Å². The van der Waals surface area contributed by atoms with Crippen LogP contribution in [0.5, 0.6) is 0 Å². The van der Waals surface area contributed by atoms with Crippen molar-refractivity contribution in [2.75, 3.05) is 0 Å². The topological polar surface area (TPSA) is 0 Å². The summed E-state index contributed by atoms with van der Waals surface area (Å²) in [5.74, 6) is 0. The van der Waals surface area contributed by atoms with Crippen molar-refractivity contribution in [3.8, 4) is 0 Å². The summed E-state index contributed by atoms with van der Waals surface area (Å²) < 4.78 is 1.34. The van der Waals surface area contributed by atoms with E-state index in [9.17, 15) is 0 Å². The molecule has 0 bridgehead atoms. The van der Waals surface area contributed by atoms with Crippen LogP contribution in [0.3, 0.4) is 0 Å². The Bertz CT molecular complexity index is 522. The molecule has 5 heteroatoms. The Kier molecular flexibility index (Phi) is 9.94. The van der Waals surface area contributed by atoms with Crippen molar-refractivity contribution < 1.29 is 63.4 Å². The van der Waals surface area contributed by atoms with Crippen LogP contribution in [0.25, 0.3) is 10.8 Å². The minimum absolute atomic E-state index is 0. The Hall–Kier alpha value is 1.06. The molecule has 0 amide bonds. The second-order valence-corrected chi connectivity index (χ2v) is 5.01. The van der Waals surface area contributed by atoms with Gasteiger partial charge in [-0.1, -0.05) is 28.4 Å². The molecule has 3 rings (SSSR count). The van der Waals surface area contributed by atoms with E-state index in [1.165, 1.54) is 40.1 Å². The van der Waals surface area contributed by atoms with E-state index in [0.29, 0.717) is 0 Å². The van der Waals surface area contributed by atoms with Crippen LogP contribution < -0.4 is 37.2 Å². The number of hydrogen-bond acceptors (Lipinski definition) is 0. The molecule has 0 heterocycles. The summed E-state index contributed by atoms with van der Waals surface area (Å²) in [6, 6.07) is 6.92. The van der Waals surface area contributed by atoms with E-state index >= 15 is 0 Å². The maximum Gasteiger partial charge on any atom is 4.00 e. The quantitative estimate of drug-likeness (QED) is 0.357. The largest absolute Gasteiger partial charge is 4.00 e. The minimum Gasteiger partial charge on any atom is -1.00 e. The van der Waals surface area contributed by atoms with Gasteiger partial charge in [-0.15, -0.1) is 28.5 Å². The zero-order chi connectivity index (χ0) is 9.71. The Morgan fingerprint density at radius 3 is 2.44 bits per heavy atom. The molecule has 0 unspecified atom stereocenters. The van der Waals surface area contributed by atoms with Crippen LogP contribution in [0.15, 0.2) is 22.7 Å². The third-order valence-corrected chi connectivity index (χ3v) is 4.06. The number of hydrogen-bond donors (Lipinski definition) is 0. The SMILES string of the molecule is Cc1cc2c(Br)c3c(cc2[cH-]1)CCC3.[Cl-].[Cl-].[Cl-].[Zr+4]. The molecule has 0 atom stereocenters. The average Bonchev–Trinajstić information content (AvgIpc) is 2.71. The summed E-state index contributed by atoms with van der Waals surface area (Å²) in [6.07, 6.45) is 3.82. The van der Waals surface area contributed by atoms with Gasteiger partial charge in [0.25, 0.3) is 0 Å². The van der Waals surface area contributed by atoms with Crippen LogP contribution in [-0.2, 0) is 39.0 Å². The molecule has 0 saturated carbocycles. The van der Waals surface area contributed by atoms with Gasteiger partial charge in [-0.2, -0.15) is 6.07 Å². The van der Waals surface area contributed by atoms with E-state index < -0.39 is 0 Å². The molecule has 2 aromatic carbocycles. The van der Waals surface area contributed by atoms with Crippen LogP contribution in [0.2, 0.25) is 0 Å². The molecule has 0 radical (unpaired) electrons. The summed E-state index contributed by atoms with van der Waals surface area (Å²) in [5, 5.41) is 2.79. The first-order valence-electron chi connectivity index (χ1n) is 5.13. The molecule has 1 aliphatic carbocycles. The smallest absolute Gasteiger partial charge is 1.00 e. The van der Waals surface area contributed by atoms with Gasteiger partial charge in [0, 0.05) is 0 Å². The molecule has 0 aromatic heterocycles. The van der Waals surface area contributed by atoms with Crippen molar-refractivity contribution in [2.24, 2.45) is 0 Å². The summed E-state index contributed by atoms with van der Waals surface area (Å²) in [7, 11) is 0. The third-order valence-electron chi connectivity index (χ3n) is 3.16. The van der Waals surface area contributed by atoms with E-state index in [1.807, 2.05) is 0 Å². The number of fused-ring (bicyclic) bond motifs is 2. The fraction of sp³-hybridized carbons (Fsp3) is 0.308. The predicted octanol–water partition coefficient (Wildman–Crippen LogP) is -4.87. The molecule has 0 aliphatic heterocycles. The number of rotatable bonds is 0. The van der Waals surface area contributed by atoms with Gasteiger partial charge in [0.05, 0.1) is 0 Å². The van der Waals surface area contributed by atoms with Crippen LogP contribution >= 0.6 is 15.9 Å². The summed E-state index contributed by atoms with van der Waals surface area (Å²) in [5.41, 5.74) is 4.46. The van der Waals surface area contributed by atoms with Gasteiger partial charge in [0.2, 0.25) is 0 Å². The molecular weight excluding hydrogens is 434 g/mol. The number of aryl methyl sites for hydroxylation is 2. The van der Waals surface area contributed by atoms with Gasteiger partial charge in [-0.25, -0.2) is 0 Å². The summed E-state index contributed by atoms with van der Waals surface area (Å²) in [4.78, 5) is 0. The predicted molar refractivity (Wildman–Crippen MR) is 64.0 cm³/mol. The zero-order valence-electron chi connectivity index (χ0n) is 9.87. The first-order valence-corrected chi connectivity index (χ1v) is 5.92. The first-order chi connectivity index (χ1) is 6.75. The second kappa shape index (κ2) is 8.37. The molecule has 0 fully saturated rings. The Balaban J connectivity index is 0. The third kappa shape index (κ3) is 3.58. The van der Waals surface area contributed by atoms with Crippen molar-refractivity contribution in [1.29, 1.82) is 0 Å². The summed E-state index contributed by atoms with van der Waals surface area (Å²) >= 11 is 3.75. The van der Waals surface area contributed by atoms with Crippen molar-refractivity contribution in [1.82, 2.24) is 0 Å². The normalized spacial score (nSPS) is 11.7.